The van der Waals surface area contributed by atoms with Crippen LogP contribution in [0, 0.1) is 5.82 Å². The monoisotopic (exact) mass is 581 g/mol. The number of thioether (sulfide) groups is 1. The Morgan fingerprint density at radius 2 is 1.79 bits per heavy atom. The molecular weight excluding hydrogens is 569 g/mol. The zero-order chi connectivity index (χ0) is 24.5. The number of amides is 2. The van der Waals surface area contributed by atoms with E-state index in [-0.39, 0.29) is 32.7 Å². The molecule has 1 heterocycles. The second kappa shape index (κ2) is 9.91. The van der Waals surface area contributed by atoms with Gasteiger partial charge in [-0.25, -0.2) is 4.39 Å². The van der Waals surface area contributed by atoms with Gasteiger partial charge in [-0.2, -0.15) is 8.42 Å². The summed E-state index contributed by atoms with van der Waals surface area (Å²) < 4.78 is 44.6. The normalized spacial score (nSPS) is 15.3. The molecule has 1 aliphatic heterocycles. The number of halogens is 3. The number of rotatable bonds is 6. The minimum atomic E-state index is -4.13. The van der Waals surface area contributed by atoms with Crippen LogP contribution in [0.1, 0.15) is 11.1 Å². The van der Waals surface area contributed by atoms with Gasteiger partial charge in [0.1, 0.15) is 16.5 Å². The Kier molecular flexibility index (Phi) is 7.13. The van der Waals surface area contributed by atoms with E-state index in [9.17, 15) is 22.4 Å². The van der Waals surface area contributed by atoms with Gasteiger partial charge >= 0.3 is 10.1 Å². The number of benzene rings is 3. The summed E-state index contributed by atoms with van der Waals surface area (Å²) in [6.45, 7) is -0.134. The number of hydrogen-bond donors (Lipinski definition) is 0. The fraction of sp³-hybridized carbons (Fsp3) is 0.0435. The average Bonchev–Trinajstić information content (AvgIpc) is 3.05. The smallest absolute Gasteiger partial charge is 0.339 e. The summed E-state index contributed by atoms with van der Waals surface area (Å²) >= 11 is 10.0. The maximum atomic E-state index is 13.3. The van der Waals surface area contributed by atoms with Gasteiger partial charge in [-0.15, -0.1) is 0 Å². The minimum absolute atomic E-state index is 0.0135. The van der Waals surface area contributed by atoms with E-state index in [4.69, 9.17) is 15.8 Å². The molecule has 0 saturated carbocycles. The van der Waals surface area contributed by atoms with Crippen LogP contribution in [0.15, 0.2) is 81.0 Å². The van der Waals surface area contributed by atoms with E-state index in [0.717, 1.165) is 11.0 Å². The standard InChI is InChI=1S/C23H14BrClFNO5S2/c24-16-7-9-20(32-34(30,31)18-4-2-1-3-5-18)15(10-16)11-21-22(28)27(23(29)33-21)13-14-6-8-17(26)12-19(14)25/h1-12H,13H2/b21-11-. The predicted molar refractivity (Wildman–Crippen MR) is 131 cm³/mol. The summed E-state index contributed by atoms with van der Waals surface area (Å²) in [5.41, 5.74) is 0.686. The zero-order valence-corrected chi connectivity index (χ0v) is 21.0. The SMILES string of the molecule is O=C1S/C(=C\c2cc(Br)ccc2OS(=O)(=O)c2ccccc2)C(=O)N1Cc1ccc(F)cc1Cl. The molecule has 1 aliphatic rings. The van der Waals surface area contributed by atoms with Crippen LogP contribution in [0.5, 0.6) is 5.75 Å². The number of nitrogens with zero attached hydrogens (tertiary/aromatic N) is 1. The van der Waals surface area contributed by atoms with Crippen LogP contribution in [0.2, 0.25) is 5.02 Å². The molecule has 0 atom stereocenters. The Hall–Kier alpha value is -2.66. The molecule has 0 aliphatic carbocycles. The summed E-state index contributed by atoms with van der Waals surface area (Å²) in [4.78, 5) is 26.5. The Morgan fingerprint density at radius 1 is 1.06 bits per heavy atom. The summed E-state index contributed by atoms with van der Waals surface area (Å²) in [5.74, 6) is -1.14. The van der Waals surface area contributed by atoms with Crippen molar-refractivity contribution in [2.24, 2.45) is 0 Å². The van der Waals surface area contributed by atoms with E-state index in [2.05, 4.69) is 15.9 Å². The Balaban J connectivity index is 1.63. The fourth-order valence-electron chi connectivity index (χ4n) is 3.06. The summed E-state index contributed by atoms with van der Waals surface area (Å²) in [6.07, 6.45) is 1.39. The largest absolute Gasteiger partial charge is 0.378 e. The van der Waals surface area contributed by atoms with Crippen LogP contribution in [-0.4, -0.2) is 24.5 Å². The quantitative estimate of drug-likeness (QED) is 0.253. The first kappa shape index (κ1) is 24.5. The molecule has 1 fully saturated rings. The second-order valence-corrected chi connectivity index (χ2v) is 10.9. The third-order valence-electron chi connectivity index (χ3n) is 4.71. The molecule has 11 heteroatoms. The van der Waals surface area contributed by atoms with Crippen molar-refractivity contribution >= 4 is 66.6 Å². The van der Waals surface area contributed by atoms with Crippen molar-refractivity contribution in [1.29, 1.82) is 0 Å². The van der Waals surface area contributed by atoms with Crippen LogP contribution < -0.4 is 4.18 Å². The molecule has 0 aromatic heterocycles. The van der Waals surface area contributed by atoms with Crippen LogP contribution in [0.3, 0.4) is 0 Å². The van der Waals surface area contributed by atoms with Crippen molar-refractivity contribution in [3.8, 4) is 5.75 Å². The maximum Gasteiger partial charge on any atom is 0.339 e. The number of carbonyl (C=O) groups excluding carboxylic acids is 2. The van der Waals surface area contributed by atoms with Crippen molar-refractivity contribution in [1.82, 2.24) is 4.90 Å². The summed E-state index contributed by atoms with van der Waals surface area (Å²) in [5, 5.41) is -0.442. The first-order valence-electron chi connectivity index (χ1n) is 9.62. The van der Waals surface area contributed by atoms with Crippen molar-refractivity contribution in [3.05, 3.63) is 98.1 Å². The van der Waals surface area contributed by atoms with E-state index >= 15 is 0 Å². The van der Waals surface area contributed by atoms with Gasteiger partial charge in [0.2, 0.25) is 0 Å². The van der Waals surface area contributed by atoms with Gasteiger partial charge in [-0.05, 0) is 65.9 Å². The molecule has 4 rings (SSSR count). The predicted octanol–water partition coefficient (Wildman–Crippen LogP) is 6.25. The number of hydrogen-bond acceptors (Lipinski definition) is 6. The fourth-order valence-corrected chi connectivity index (χ4v) is 5.47. The van der Waals surface area contributed by atoms with Gasteiger partial charge in [0.15, 0.2) is 0 Å². The van der Waals surface area contributed by atoms with Gasteiger partial charge in [0.25, 0.3) is 11.1 Å². The van der Waals surface area contributed by atoms with Gasteiger partial charge in [-0.1, -0.05) is 51.8 Å². The highest BCUT2D eigenvalue weighted by molar-refractivity contribution is 9.10. The molecule has 1 saturated heterocycles. The zero-order valence-electron chi connectivity index (χ0n) is 17.1. The maximum absolute atomic E-state index is 13.3. The Bertz CT molecular complexity index is 1430. The molecule has 0 N–H and O–H groups in total. The molecule has 174 valence electrons. The molecular formula is C23H14BrClFNO5S2. The van der Waals surface area contributed by atoms with Crippen molar-refractivity contribution in [3.63, 3.8) is 0 Å². The van der Waals surface area contributed by atoms with E-state index in [1.807, 2.05) is 0 Å². The second-order valence-electron chi connectivity index (χ2n) is 7.04. The molecule has 2 amide bonds. The van der Waals surface area contributed by atoms with Crippen molar-refractivity contribution in [2.45, 2.75) is 11.4 Å². The first-order chi connectivity index (χ1) is 16.1. The van der Waals surface area contributed by atoms with Crippen LogP contribution in [-0.2, 0) is 21.5 Å². The lowest BCUT2D eigenvalue weighted by Crippen LogP contribution is -2.27. The highest BCUT2D eigenvalue weighted by atomic mass is 79.9. The molecule has 3 aromatic rings. The van der Waals surface area contributed by atoms with Gasteiger partial charge < -0.3 is 4.18 Å². The van der Waals surface area contributed by atoms with Crippen LogP contribution in [0.4, 0.5) is 9.18 Å². The lowest BCUT2D eigenvalue weighted by molar-refractivity contribution is -0.123. The molecule has 0 spiro atoms. The molecule has 0 bridgehead atoms. The van der Waals surface area contributed by atoms with Crippen LogP contribution >= 0.6 is 39.3 Å². The lowest BCUT2D eigenvalue weighted by Gasteiger charge is -2.13. The van der Waals surface area contributed by atoms with E-state index in [0.29, 0.717) is 21.8 Å². The first-order valence-corrected chi connectivity index (χ1v) is 13.0. The van der Waals surface area contributed by atoms with Gasteiger partial charge in [-0.3, -0.25) is 14.5 Å². The molecule has 3 aromatic carbocycles. The Morgan fingerprint density at radius 3 is 2.50 bits per heavy atom. The summed E-state index contributed by atoms with van der Waals surface area (Å²) in [6, 6.07) is 15.9. The molecule has 6 nitrogen and oxygen atoms in total. The van der Waals surface area contributed by atoms with E-state index in [1.165, 1.54) is 36.4 Å². The van der Waals surface area contributed by atoms with Crippen LogP contribution in [0.25, 0.3) is 6.08 Å². The highest BCUT2D eigenvalue weighted by Gasteiger charge is 2.35. The third kappa shape index (κ3) is 5.35. The molecule has 0 radical (unpaired) electrons. The van der Waals surface area contributed by atoms with E-state index < -0.39 is 27.1 Å². The Labute approximate surface area is 212 Å². The minimum Gasteiger partial charge on any atom is -0.378 e. The molecule has 34 heavy (non-hydrogen) atoms. The topological polar surface area (TPSA) is 80.8 Å². The van der Waals surface area contributed by atoms with Crippen molar-refractivity contribution in [2.75, 3.05) is 0 Å². The molecule has 0 unspecified atom stereocenters. The van der Waals surface area contributed by atoms with Gasteiger partial charge in [0, 0.05) is 15.1 Å². The number of carbonyl (C=O) groups is 2. The van der Waals surface area contributed by atoms with E-state index in [1.54, 1.807) is 30.3 Å². The average molecular weight is 583 g/mol. The third-order valence-corrected chi connectivity index (χ3v) is 7.71. The van der Waals surface area contributed by atoms with Crippen molar-refractivity contribution < 1.29 is 26.6 Å². The lowest BCUT2D eigenvalue weighted by atomic mass is 10.1. The highest BCUT2D eigenvalue weighted by Crippen LogP contribution is 2.37. The van der Waals surface area contributed by atoms with Gasteiger partial charge in [0.05, 0.1) is 11.4 Å². The summed E-state index contributed by atoms with van der Waals surface area (Å²) in [7, 11) is -4.13. The number of imide groups is 1.